The van der Waals surface area contributed by atoms with E-state index < -0.39 is 20.0 Å². The standard InChI is InChI=1S/C20H26N2O6S2/c1-27-19-10-9-18(15-20(19)28-2)29(23,24)21-12-11-16-5-7-17(8-6-16)30(25,26)22-13-3-4-14-22/h5-10,15,21H,3-4,11-14H2,1-2H3. The molecule has 0 saturated carbocycles. The first-order chi connectivity index (χ1) is 14.3. The normalized spacial score (nSPS) is 15.3. The molecule has 0 bridgehead atoms. The van der Waals surface area contributed by atoms with Crippen molar-refractivity contribution in [3.8, 4) is 11.5 Å². The Morgan fingerprint density at radius 2 is 1.47 bits per heavy atom. The molecule has 0 aliphatic carbocycles. The Labute approximate surface area is 177 Å². The van der Waals surface area contributed by atoms with E-state index in [9.17, 15) is 16.8 Å². The Balaban J connectivity index is 1.62. The fraction of sp³-hybridized carbons (Fsp3) is 0.400. The van der Waals surface area contributed by atoms with E-state index in [0.29, 0.717) is 31.0 Å². The molecule has 30 heavy (non-hydrogen) atoms. The summed E-state index contributed by atoms with van der Waals surface area (Å²) in [6, 6.07) is 11.0. The quantitative estimate of drug-likeness (QED) is 0.622. The number of hydrogen-bond donors (Lipinski definition) is 1. The third-order valence-electron chi connectivity index (χ3n) is 5.00. The zero-order chi connectivity index (χ0) is 21.8. The number of nitrogens with zero attached hydrogens (tertiary/aromatic N) is 1. The minimum Gasteiger partial charge on any atom is -0.493 e. The van der Waals surface area contributed by atoms with Crippen molar-refractivity contribution >= 4 is 20.0 Å². The van der Waals surface area contributed by atoms with Crippen molar-refractivity contribution in [2.24, 2.45) is 0 Å². The molecule has 1 heterocycles. The predicted molar refractivity (Wildman–Crippen MR) is 113 cm³/mol. The van der Waals surface area contributed by atoms with Gasteiger partial charge in [0.25, 0.3) is 0 Å². The first-order valence-corrected chi connectivity index (χ1v) is 12.5. The van der Waals surface area contributed by atoms with E-state index in [4.69, 9.17) is 9.47 Å². The lowest BCUT2D eigenvalue weighted by Crippen LogP contribution is -2.28. The van der Waals surface area contributed by atoms with Crippen LogP contribution in [0.3, 0.4) is 0 Å². The van der Waals surface area contributed by atoms with Crippen LogP contribution in [-0.2, 0) is 26.5 Å². The maximum atomic E-state index is 12.6. The van der Waals surface area contributed by atoms with Gasteiger partial charge in [0.2, 0.25) is 20.0 Å². The van der Waals surface area contributed by atoms with Gasteiger partial charge in [-0.15, -0.1) is 0 Å². The first kappa shape index (κ1) is 22.5. The number of hydrogen-bond acceptors (Lipinski definition) is 6. The number of benzene rings is 2. The highest BCUT2D eigenvalue weighted by molar-refractivity contribution is 7.89. The van der Waals surface area contributed by atoms with Crippen LogP contribution in [0.2, 0.25) is 0 Å². The second-order valence-electron chi connectivity index (χ2n) is 6.92. The fourth-order valence-electron chi connectivity index (χ4n) is 3.30. The van der Waals surface area contributed by atoms with Crippen molar-refractivity contribution in [2.75, 3.05) is 33.9 Å². The molecule has 10 heteroatoms. The number of nitrogens with one attached hydrogen (secondary N) is 1. The highest BCUT2D eigenvalue weighted by atomic mass is 32.2. The van der Waals surface area contributed by atoms with Gasteiger partial charge in [-0.2, -0.15) is 4.31 Å². The third kappa shape index (κ3) is 4.94. The summed E-state index contributed by atoms with van der Waals surface area (Å²) >= 11 is 0. The summed E-state index contributed by atoms with van der Waals surface area (Å²) < 4.78 is 64.5. The van der Waals surface area contributed by atoms with Gasteiger partial charge < -0.3 is 9.47 Å². The Kier molecular flexibility index (Phi) is 7.02. The van der Waals surface area contributed by atoms with Crippen molar-refractivity contribution in [3.63, 3.8) is 0 Å². The van der Waals surface area contributed by atoms with E-state index in [1.807, 2.05) is 0 Å². The van der Waals surface area contributed by atoms with E-state index in [2.05, 4.69) is 4.72 Å². The Morgan fingerprint density at radius 3 is 2.07 bits per heavy atom. The van der Waals surface area contributed by atoms with Crippen LogP contribution in [0.4, 0.5) is 0 Å². The molecule has 164 valence electrons. The molecule has 0 atom stereocenters. The molecule has 0 unspecified atom stereocenters. The smallest absolute Gasteiger partial charge is 0.243 e. The molecular formula is C20H26N2O6S2. The molecule has 1 aliphatic rings. The average Bonchev–Trinajstić information content (AvgIpc) is 3.29. The van der Waals surface area contributed by atoms with Gasteiger partial charge in [0.15, 0.2) is 11.5 Å². The van der Waals surface area contributed by atoms with Gasteiger partial charge >= 0.3 is 0 Å². The zero-order valence-corrected chi connectivity index (χ0v) is 18.6. The summed E-state index contributed by atoms with van der Waals surface area (Å²) in [6.07, 6.45) is 2.20. The second kappa shape index (κ2) is 9.34. The van der Waals surface area contributed by atoms with Crippen LogP contribution in [0.5, 0.6) is 11.5 Å². The minimum atomic E-state index is -3.72. The van der Waals surface area contributed by atoms with Crippen molar-refractivity contribution in [2.45, 2.75) is 29.1 Å². The number of sulfonamides is 2. The number of rotatable bonds is 9. The van der Waals surface area contributed by atoms with Crippen LogP contribution in [0.1, 0.15) is 18.4 Å². The summed E-state index contributed by atoms with van der Waals surface area (Å²) in [5.74, 6) is 0.774. The maximum absolute atomic E-state index is 12.6. The molecule has 1 N–H and O–H groups in total. The summed E-state index contributed by atoms with van der Waals surface area (Å²) in [7, 11) is -4.25. The first-order valence-electron chi connectivity index (χ1n) is 9.59. The summed E-state index contributed by atoms with van der Waals surface area (Å²) in [5.41, 5.74) is 0.838. The van der Waals surface area contributed by atoms with Crippen LogP contribution in [-0.4, -0.2) is 55.0 Å². The lowest BCUT2D eigenvalue weighted by Gasteiger charge is -2.15. The summed E-state index contributed by atoms with van der Waals surface area (Å²) in [5, 5.41) is 0. The van der Waals surface area contributed by atoms with E-state index in [-0.39, 0.29) is 16.3 Å². The van der Waals surface area contributed by atoms with Crippen LogP contribution >= 0.6 is 0 Å². The van der Waals surface area contributed by atoms with Crippen molar-refractivity contribution < 1.29 is 26.3 Å². The molecule has 1 aliphatic heterocycles. The molecule has 0 amide bonds. The van der Waals surface area contributed by atoms with E-state index in [1.54, 1.807) is 24.3 Å². The highest BCUT2D eigenvalue weighted by Crippen LogP contribution is 2.29. The summed E-state index contributed by atoms with van der Waals surface area (Å²) in [4.78, 5) is 0.339. The molecule has 0 radical (unpaired) electrons. The van der Waals surface area contributed by atoms with E-state index >= 15 is 0 Å². The topological polar surface area (TPSA) is 102 Å². The molecule has 0 aromatic heterocycles. The minimum absolute atomic E-state index is 0.0761. The SMILES string of the molecule is COc1ccc(S(=O)(=O)NCCc2ccc(S(=O)(=O)N3CCCC3)cc2)cc1OC. The Hall–Kier alpha value is -2.14. The molecule has 1 saturated heterocycles. The molecule has 1 fully saturated rings. The van der Waals surface area contributed by atoms with Crippen LogP contribution < -0.4 is 14.2 Å². The van der Waals surface area contributed by atoms with Crippen molar-refractivity contribution in [1.29, 1.82) is 0 Å². The largest absolute Gasteiger partial charge is 0.493 e. The maximum Gasteiger partial charge on any atom is 0.243 e. The van der Waals surface area contributed by atoms with Gasteiger partial charge in [-0.25, -0.2) is 21.6 Å². The number of ether oxygens (including phenoxy) is 2. The second-order valence-corrected chi connectivity index (χ2v) is 10.6. The molecule has 2 aromatic carbocycles. The molecule has 3 rings (SSSR count). The fourth-order valence-corrected chi connectivity index (χ4v) is 5.87. The van der Waals surface area contributed by atoms with E-state index in [0.717, 1.165) is 18.4 Å². The highest BCUT2D eigenvalue weighted by Gasteiger charge is 2.26. The predicted octanol–water partition coefficient (Wildman–Crippen LogP) is 2.01. The average molecular weight is 455 g/mol. The third-order valence-corrected chi connectivity index (χ3v) is 8.37. The monoisotopic (exact) mass is 454 g/mol. The lowest BCUT2D eigenvalue weighted by atomic mass is 10.2. The van der Waals surface area contributed by atoms with Gasteiger partial charge in [-0.1, -0.05) is 12.1 Å². The molecule has 8 nitrogen and oxygen atoms in total. The molecule has 2 aromatic rings. The zero-order valence-electron chi connectivity index (χ0n) is 17.0. The van der Waals surface area contributed by atoms with Crippen LogP contribution in [0, 0.1) is 0 Å². The summed E-state index contributed by atoms with van der Waals surface area (Å²) in [6.45, 7) is 1.29. The van der Waals surface area contributed by atoms with Gasteiger partial charge in [-0.05, 0) is 49.1 Å². The van der Waals surface area contributed by atoms with E-state index in [1.165, 1.54) is 36.7 Å². The Bertz CT molecular complexity index is 1080. The van der Waals surface area contributed by atoms with Crippen molar-refractivity contribution in [3.05, 3.63) is 48.0 Å². The Morgan fingerprint density at radius 1 is 0.867 bits per heavy atom. The van der Waals surface area contributed by atoms with Crippen LogP contribution in [0.15, 0.2) is 52.3 Å². The van der Waals surface area contributed by atoms with Gasteiger partial charge in [0.05, 0.1) is 24.0 Å². The lowest BCUT2D eigenvalue weighted by molar-refractivity contribution is 0.354. The number of methoxy groups -OCH3 is 2. The molecular weight excluding hydrogens is 428 g/mol. The molecule has 0 spiro atoms. The van der Waals surface area contributed by atoms with Crippen molar-refractivity contribution in [1.82, 2.24) is 9.03 Å². The van der Waals surface area contributed by atoms with Crippen LogP contribution in [0.25, 0.3) is 0 Å². The van der Waals surface area contributed by atoms with Gasteiger partial charge in [-0.3, -0.25) is 0 Å². The van der Waals surface area contributed by atoms with Gasteiger partial charge in [0, 0.05) is 25.7 Å². The van der Waals surface area contributed by atoms with Gasteiger partial charge in [0.1, 0.15) is 0 Å².